The number of carbonyl (C=O) groups is 3. The zero-order valence-electron chi connectivity index (χ0n) is 10.6. The lowest BCUT2D eigenvalue weighted by molar-refractivity contribution is -0.140. The van der Waals surface area contributed by atoms with Crippen molar-refractivity contribution in [1.29, 1.82) is 0 Å². The molecule has 0 unspecified atom stereocenters. The molecule has 1 aromatic rings. The molecule has 1 atom stereocenters. The van der Waals surface area contributed by atoms with E-state index in [-0.39, 0.29) is 12.1 Å². The van der Waals surface area contributed by atoms with Gasteiger partial charge in [-0.2, -0.15) is 0 Å². The van der Waals surface area contributed by atoms with Crippen molar-refractivity contribution in [2.75, 3.05) is 5.32 Å². The summed E-state index contributed by atoms with van der Waals surface area (Å²) in [5.41, 5.74) is -0.135. The molecule has 7 nitrogen and oxygen atoms in total. The minimum Gasteiger partial charge on any atom is -0.481 e. The highest BCUT2D eigenvalue weighted by Gasteiger charge is 2.21. The molecule has 4 N–H and O–H groups in total. The molecule has 1 rings (SSSR count). The normalized spacial score (nSPS) is 11.5. The van der Waals surface area contributed by atoms with Gasteiger partial charge in [-0.1, -0.05) is 15.9 Å². The molecule has 0 radical (unpaired) electrons. The van der Waals surface area contributed by atoms with Gasteiger partial charge in [0.25, 0.3) is 0 Å². The van der Waals surface area contributed by atoms with Gasteiger partial charge in [0, 0.05) is 10.9 Å². The van der Waals surface area contributed by atoms with Gasteiger partial charge in [0.2, 0.25) is 0 Å². The lowest BCUT2D eigenvalue weighted by atomic mass is 10.1. The Morgan fingerprint density at radius 3 is 2.52 bits per heavy atom. The predicted octanol–water partition coefficient (Wildman–Crippen LogP) is 2.03. The monoisotopic (exact) mass is 362 g/mol. The number of amides is 2. The average molecular weight is 363 g/mol. The lowest BCUT2D eigenvalue weighted by Crippen LogP contribution is -2.43. The Morgan fingerprint density at radius 2 is 1.95 bits per heavy atom. The quantitative estimate of drug-likeness (QED) is 0.617. The molecule has 0 saturated carbocycles. The van der Waals surface area contributed by atoms with Crippen molar-refractivity contribution in [3.8, 4) is 0 Å². The van der Waals surface area contributed by atoms with Gasteiger partial charge >= 0.3 is 18.0 Å². The van der Waals surface area contributed by atoms with E-state index in [4.69, 9.17) is 10.2 Å². The third-order valence-electron chi connectivity index (χ3n) is 2.43. The minimum atomic E-state index is -1.38. The maximum atomic E-state index is 13.4. The van der Waals surface area contributed by atoms with Crippen LogP contribution in [-0.4, -0.2) is 34.2 Å². The number of nitrogens with one attached hydrogen (secondary N) is 2. The SMILES string of the molecule is O=C(O)CC[C@H](NC(=O)Nc1cc(Br)ccc1F)C(=O)O. The highest BCUT2D eigenvalue weighted by atomic mass is 79.9. The summed E-state index contributed by atoms with van der Waals surface area (Å²) >= 11 is 3.10. The second-order valence-electron chi connectivity index (χ2n) is 4.05. The fraction of sp³-hybridized carbons (Fsp3) is 0.250. The number of halogens is 2. The molecule has 0 saturated heterocycles. The van der Waals surface area contributed by atoms with E-state index >= 15 is 0 Å². The molecule has 2 amide bonds. The van der Waals surface area contributed by atoms with Crippen LogP contribution in [0.15, 0.2) is 22.7 Å². The van der Waals surface area contributed by atoms with Crippen molar-refractivity contribution in [3.63, 3.8) is 0 Å². The number of benzene rings is 1. The smallest absolute Gasteiger partial charge is 0.326 e. The van der Waals surface area contributed by atoms with E-state index in [1.807, 2.05) is 0 Å². The zero-order valence-corrected chi connectivity index (χ0v) is 12.2. The number of aliphatic carboxylic acids is 2. The molecule has 0 heterocycles. The van der Waals surface area contributed by atoms with Crippen LogP contribution in [0.4, 0.5) is 14.9 Å². The molecule has 0 fully saturated rings. The van der Waals surface area contributed by atoms with E-state index in [0.717, 1.165) is 6.07 Å². The van der Waals surface area contributed by atoms with Crippen molar-refractivity contribution in [1.82, 2.24) is 5.32 Å². The van der Waals surface area contributed by atoms with Crippen LogP contribution in [0, 0.1) is 5.82 Å². The van der Waals surface area contributed by atoms with E-state index in [1.54, 1.807) is 0 Å². The van der Waals surface area contributed by atoms with Crippen LogP contribution in [-0.2, 0) is 9.59 Å². The van der Waals surface area contributed by atoms with Gasteiger partial charge in [-0.05, 0) is 24.6 Å². The fourth-order valence-electron chi connectivity index (χ4n) is 1.44. The number of anilines is 1. The molecule has 0 bridgehead atoms. The van der Waals surface area contributed by atoms with E-state index in [1.165, 1.54) is 12.1 Å². The molecular formula is C12H12BrFN2O5. The molecule has 0 spiro atoms. The fourth-order valence-corrected chi connectivity index (χ4v) is 1.80. The molecule has 9 heteroatoms. The molecule has 114 valence electrons. The maximum absolute atomic E-state index is 13.4. The minimum absolute atomic E-state index is 0.135. The van der Waals surface area contributed by atoms with Crippen molar-refractivity contribution in [3.05, 3.63) is 28.5 Å². The summed E-state index contributed by atoms with van der Waals surface area (Å²) in [6.07, 6.45) is -0.693. The molecule has 0 aliphatic heterocycles. The van der Waals surface area contributed by atoms with Crippen LogP contribution in [0.2, 0.25) is 0 Å². The van der Waals surface area contributed by atoms with Gasteiger partial charge < -0.3 is 20.8 Å². The number of urea groups is 1. The standard InChI is InChI=1S/C12H12BrFN2O5/c13-6-1-2-7(14)9(5-6)16-12(21)15-8(11(19)20)3-4-10(17)18/h1-2,5,8H,3-4H2,(H,17,18)(H,19,20)(H2,15,16,21)/t8-/m0/s1. The van der Waals surface area contributed by atoms with E-state index < -0.39 is 36.2 Å². The predicted molar refractivity (Wildman–Crippen MR) is 74.5 cm³/mol. The summed E-state index contributed by atoms with van der Waals surface area (Å²) in [7, 11) is 0. The first-order valence-electron chi connectivity index (χ1n) is 5.76. The van der Waals surface area contributed by atoms with Crippen LogP contribution in [0.3, 0.4) is 0 Å². The summed E-state index contributed by atoms with van der Waals surface area (Å²) in [6.45, 7) is 0. The Kier molecular flexibility index (Phi) is 6.10. The Balaban J connectivity index is 2.67. The molecule has 1 aromatic carbocycles. The average Bonchev–Trinajstić information content (AvgIpc) is 2.38. The Labute approximate surface area is 127 Å². The van der Waals surface area contributed by atoms with Gasteiger partial charge in [0.1, 0.15) is 11.9 Å². The van der Waals surface area contributed by atoms with Crippen molar-refractivity contribution < 1.29 is 29.0 Å². The van der Waals surface area contributed by atoms with Gasteiger partial charge in [-0.25, -0.2) is 14.0 Å². The largest absolute Gasteiger partial charge is 0.481 e. The first-order chi connectivity index (χ1) is 9.79. The second-order valence-corrected chi connectivity index (χ2v) is 4.96. The highest BCUT2D eigenvalue weighted by molar-refractivity contribution is 9.10. The number of carbonyl (C=O) groups excluding carboxylic acids is 1. The maximum Gasteiger partial charge on any atom is 0.326 e. The first-order valence-corrected chi connectivity index (χ1v) is 6.56. The lowest BCUT2D eigenvalue weighted by Gasteiger charge is -2.14. The van der Waals surface area contributed by atoms with Crippen LogP contribution >= 0.6 is 15.9 Å². The van der Waals surface area contributed by atoms with Gasteiger partial charge in [0.15, 0.2) is 0 Å². The third-order valence-corrected chi connectivity index (χ3v) is 2.92. The van der Waals surface area contributed by atoms with Crippen LogP contribution in [0.5, 0.6) is 0 Å². The first kappa shape index (κ1) is 16.9. The number of hydrogen-bond donors (Lipinski definition) is 4. The van der Waals surface area contributed by atoms with Crippen molar-refractivity contribution >= 4 is 39.6 Å². The van der Waals surface area contributed by atoms with E-state index in [9.17, 15) is 18.8 Å². The summed E-state index contributed by atoms with van der Waals surface area (Å²) in [5, 5.41) is 21.6. The Morgan fingerprint density at radius 1 is 1.29 bits per heavy atom. The topological polar surface area (TPSA) is 116 Å². The van der Waals surface area contributed by atoms with E-state index in [2.05, 4.69) is 26.6 Å². The Hall–Kier alpha value is -2.16. The van der Waals surface area contributed by atoms with Gasteiger partial charge in [-0.3, -0.25) is 4.79 Å². The summed E-state index contributed by atoms with van der Waals surface area (Å²) < 4.78 is 14.0. The summed E-state index contributed by atoms with van der Waals surface area (Å²) in [6, 6.07) is 1.55. The second kappa shape index (κ2) is 7.58. The number of carboxylic acid groups (broad SMARTS) is 2. The summed E-state index contributed by atoms with van der Waals surface area (Å²) in [4.78, 5) is 32.9. The summed E-state index contributed by atoms with van der Waals surface area (Å²) in [5.74, 6) is -3.24. The highest BCUT2D eigenvalue weighted by Crippen LogP contribution is 2.19. The molecule has 0 aromatic heterocycles. The van der Waals surface area contributed by atoms with Gasteiger partial charge in [0.05, 0.1) is 5.69 Å². The third kappa shape index (κ3) is 5.78. The number of hydrogen-bond acceptors (Lipinski definition) is 3. The van der Waals surface area contributed by atoms with Crippen molar-refractivity contribution in [2.45, 2.75) is 18.9 Å². The van der Waals surface area contributed by atoms with Gasteiger partial charge in [-0.15, -0.1) is 0 Å². The molecular weight excluding hydrogens is 351 g/mol. The van der Waals surface area contributed by atoms with Crippen LogP contribution in [0.1, 0.15) is 12.8 Å². The number of carboxylic acids is 2. The van der Waals surface area contributed by atoms with E-state index in [0.29, 0.717) is 4.47 Å². The molecule has 0 aliphatic carbocycles. The van der Waals surface area contributed by atoms with Crippen LogP contribution in [0.25, 0.3) is 0 Å². The molecule has 21 heavy (non-hydrogen) atoms. The molecule has 0 aliphatic rings. The van der Waals surface area contributed by atoms with Crippen LogP contribution < -0.4 is 10.6 Å². The Bertz CT molecular complexity index is 567. The zero-order chi connectivity index (χ0) is 16.0. The van der Waals surface area contributed by atoms with Crippen molar-refractivity contribution in [2.24, 2.45) is 0 Å². The number of rotatable bonds is 6.